The van der Waals surface area contributed by atoms with Crippen LogP contribution in [0.25, 0.3) is 16.8 Å². The predicted molar refractivity (Wildman–Crippen MR) is 124 cm³/mol. The molecule has 152 valence electrons. The van der Waals surface area contributed by atoms with Crippen molar-refractivity contribution in [2.24, 2.45) is 0 Å². The van der Waals surface area contributed by atoms with E-state index in [9.17, 15) is 0 Å². The van der Waals surface area contributed by atoms with Crippen molar-refractivity contribution in [2.75, 3.05) is 0 Å². The number of hydrogen-bond acceptors (Lipinski definition) is 2. The van der Waals surface area contributed by atoms with Crippen molar-refractivity contribution in [1.82, 2.24) is 14.8 Å². The average molecular weight is 416 g/mol. The SMILES string of the molecule is Cc1cc(CCc2cc(Cl)ccc2-n2cncn2)cc(-c2ccccc2C(C)C)c1. The summed E-state index contributed by atoms with van der Waals surface area (Å²) in [6, 6.07) is 21.5. The van der Waals surface area contributed by atoms with Gasteiger partial charge in [0.25, 0.3) is 0 Å². The van der Waals surface area contributed by atoms with Crippen LogP contribution in [-0.4, -0.2) is 14.8 Å². The molecule has 0 aliphatic rings. The molecule has 0 unspecified atom stereocenters. The van der Waals surface area contributed by atoms with E-state index in [1.54, 1.807) is 17.3 Å². The average Bonchev–Trinajstić information content (AvgIpc) is 3.26. The van der Waals surface area contributed by atoms with Crippen molar-refractivity contribution in [1.29, 1.82) is 0 Å². The molecule has 0 N–H and O–H groups in total. The number of hydrogen-bond donors (Lipinski definition) is 0. The molecule has 0 saturated heterocycles. The molecule has 0 aliphatic heterocycles. The summed E-state index contributed by atoms with van der Waals surface area (Å²) >= 11 is 6.29. The zero-order valence-electron chi connectivity index (χ0n) is 17.6. The van der Waals surface area contributed by atoms with Gasteiger partial charge >= 0.3 is 0 Å². The van der Waals surface area contributed by atoms with Crippen LogP contribution in [0.5, 0.6) is 0 Å². The Balaban J connectivity index is 1.64. The maximum Gasteiger partial charge on any atom is 0.138 e. The van der Waals surface area contributed by atoms with Gasteiger partial charge in [0.15, 0.2) is 0 Å². The summed E-state index contributed by atoms with van der Waals surface area (Å²) in [5.74, 6) is 0.488. The van der Waals surface area contributed by atoms with Crippen molar-refractivity contribution >= 4 is 11.6 Å². The zero-order valence-corrected chi connectivity index (χ0v) is 18.4. The largest absolute Gasteiger partial charge is 0.223 e. The second-order valence-electron chi connectivity index (χ2n) is 8.06. The fraction of sp³-hybridized carbons (Fsp3) is 0.231. The standard InChI is InChI=1S/C26H26ClN3/c1-18(2)24-6-4-5-7-25(24)22-13-19(3)12-20(14-22)8-9-21-15-23(27)10-11-26(21)30-17-28-16-29-30/h4-7,10-18H,8-9H2,1-3H3. The first-order valence-electron chi connectivity index (χ1n) is 10.3. The van der Waals surface area contributed by atoms with Gasteiger partial charge in [0.2, 0.25) is 0 Å². The van der Waals surface area contributed by atoms with Gasteiger partial charge in [-0.1, -0.05) is 73.5 Å². The summed E-state index contributed by atoms with van der Waals surface area (Å²) in [6.07, 6.45) is 5.09. The van der Waals surface area contributed by atoms with Gasteiger partial charge in [-0.25, -0.2) is 9.67 Å². The van der Waals surface area contributed by atoms with E-state index in [2.05, 4.69) is 73.3 Å². The molecule has 1 aromatic heterocycles. The molecule has 4 heteroatoms. The highest BCUT2D eigenvalue weighted by atomic mass is 35.5. The predicted octanol–water partition coefficient (Wildman–Crippen LogP) is 6.80. The molecular weight excluding hydrogens is 390 g/mol. The Morgan fingerprint density at radius 1 is 0.967 bits per heavy atom. The molecule has 0 amide bonds. The van der Waals surface area contributed by atoms with Crippen molar-refractivity contribution in [3.8, 4) is 16.8 Å². The monoisotopic (exact) mass is 415 g/mol. The molecule has 30 heavy (non-hydrogen) atoms. The fourth-order valence-electron chi connectivity index (χ4n) is 4.02. The van der Waals surface area contributed by atoms with Crippen LogP contribution in [0.1, 0.15) is 42.0 Å². The molecule has 0 bridgehead atoms. The molecule has 0 fully saturated rings. The Morgan fingerprint density at radius 2 is 1.80 bits per heavy atom. The Morgan fingerprint density at radius 3 is 2.57 bits per heavy atom. The van der Waals surface area contributed by atoms with Gasteiger partial charge in [0, 0.05) is 5.02 Å². The molecule has 0 atom stereocenters. The van der Waals surface area contributed by atoms with Gasteiger partial charge in [0.1, 0.15) is 12.7 Å². The normalized spacial score (nSPS) is 11.2. The first-order valence-corrected chi connectivity index (χ1v) is 10.7. The van der Waals surface area contributed by atoms with E-state index in [1.165, 1.54) is 33.4 Å². The lowest BCUT2D eigenvalue weighted by atomic mass is 9.90. The van der Waals surface area contributed by atoms with Crippen LogP contribution in [0.4, 0.5) is 0 Å². The minimum Gasteiger partial charge on any atom is -0.223 e. The molecule has 0 radical (unpaired) electrons. The highest BCUT2D eigenvalue weighted by Gasteiger charge is 2.11. The van der Waals surface area contributed by atoms with Crippen LogP contribution in [0, 0.1) is 6.92 Å². The number of aromatic nitrogens is 3. The third kappa shape index (κ3) is 4.47. The van der Waals surface area contributed by atoms with Crippen LogP contribution in [0.3, 0.4) is 0 Å². The number of benzene rings is 3. The molecule has 0 spiro atoms. The minimum atomic E-state index is 0.488. The maximum absolute atomic E-state index is 6.29. The smallest absolute Gasteiger partial charge is 0.138 e. The lowest BCUT2D eigenvalue weighted by Crippen LogP contribution is -2.02. The number of nitrogens with zero attached hydrogens (tertiary/aromatic N) is 3. The lowest BCUT2D eigenvalue weighted by molar-refractivity contribution is 0.846. The second kappa shape index (κ2) is 8.85. The van der Waals surface area contributed by atoms with Gasteiger partial charge in [-0.05, 0) is 71.7 Å². The summed E-state index contributed by atoms with van der Waals surface area (Å²) in [6.45, 7) is 6.67. The van der Waals surface area contributed by atoms with Crippen molar-refractivity contribution < 1.29 is 0 Å². The fourth-order valence-corrected chi connectivity index (χ4v) is 4.21. The van der Waals surface area contributed by atoms with Gasteiger partial charge < -0.3 is 0 Å². The summed E-state index contributed by atoms with van der Waals surface area (Å²) in [5, 5.41) is 5.03. The molecule has 1 heterocycles. The first kappa shape index (κ1) is 20.4. The molecule has 0 saturated carbocycles. The van der Waals surface area contributed by atoms with Crippen LogP contribution < -0.4 is 0 Å². The summed E-state index contributed by atoms with van der Waals surface area (Å²) in [4.78, 5) is 4.08. The van der Waals surface area contributed by atoms with E-state index in [0.29, 0.717) is 5.92 Å². The van der Waals surface area contributed by atoms with E-state index in [-0.39, 0.29) is 0 Å². The van der Waals surface area contributed by atoms with Crippen LogP contribution in [0.2, 0.25) is 5.02 Å². The quantitative estimate of drug-likeness (QED) is 0.346. The van der Waals surface area contributed by atoms with E-state index >= 15 is 0 Å². The minimum absolute atomic E-state index is 0.488. The molecule has 3 aromatic carbocycles. The number of aryl methyl sites for hydroxylation is 3. The Bertz CT molecular complexity index is 1150. The molecular formula is C26H26ClN3. The van der Waals surface area contributed by atoms with Crippen LogP contribution in [-0.2, 0) is 12.8 Å². The topological polar surface area (TPSA) is 30.7 Å². The third-order valence-corrected chi connectivity index (χ3v) is 5.66. The van der Waals surface area contributed by atoms with Crippen molar-refractivity contribution in [3.05, 3.63) is 101 Å². The number of rotatable bonds is 6. The van der Waals surface area contributed by atoms with Crippen LogP contribution >= 0.6 is 11.6 Å². The highest BCUT2D eigenvalue weighted by molar-refractivity contribution is 6.30. The van der Waals surface area contributed by atoms with Gasteiger partial charge in [-0.3, -0.25) is 0 Å². The maximum atomic E-state index is 6.29. The van der Waals surface area contributed by atoms with E-state index in [1.807, 2.05) is 18.2 Å². The Kier molecular flexibility index (Phi) is 6.01. The van der Waals surface area contributed by atoms with Gasteiger partial charge in [-0.15, -0.1) is 0 Å². The first-order chi connectivity index (χ1) is 14.5. The number of halogens is 1. The van der Waals surface area contributed by atoms with Crippen LogP contribution in [0.15, 0.2) is 73.3 Å². The van der Waals surface area contributed by atoms with E-state index in [0.717, 1.165) is 23.6 Å². The van der Waals surface area contributed by atoms with Crippen molar-refractivity contribution in [2.45, 2.75) is 39.5 Å². The van der Waals surface area contributed by atoms with E-state index in [4.69, 9.17) is 11.6 Å². The van der Waals surface area contributed by atoms with Gasteiger partial charge in [-0.2, -0.15) is 5.10 Å². The highest BCUT2D eigenvalue weighted by Crippen LogP contribution is 2.31. The summed E-state index contributed by atoms with van der Waals surface area (Å²) in [7, 11) is 0. The van der Waals surface area contributed by atoms with E-state index < -0.39 is 0 Å². The Labute approximate surface area is 183 Å². The summed E-state index contributed by atoms with van der Waals surface area (Å²) in [5.41, 5.74) is 8.79. The molecule has 4 rings (SSSR count). The second-order valence-corrected chi connectivity index (χ2v) is 8.50. The molecule has 0 aliphatic carbocycles. The molecule has 4 aromatic rings. The third-order valence-electron chi connectivity index (χ3n) is 5.42. The lowest BCUT2D eigenvalue weighted by Gasteiger charge is -2.15. The Hall–Kier alpha value is -2.91. The zero-order chi connectivity index (χ0) is 21.1. The summed E-state index contributed by atoms with van der Waals surface area (Å²) < 4.78 is 1.80. The molecule has 3 nitrogen and oxygen atoms in total. The van der Waals surface area contributed by atoms with Gasteiger partial charge in [0.05, 0.1) is 5.69 Å². The van der Waals surface area contributed by atoms with Crippen molar-refractivity contribution in [3.63, 3.8) is 0 Å².